The number of nitrogens with zero attached hydrogens (tertiary/aromatic N) is 1. The number of hydrogen-bond acceptors (Lipinski definition) is 1. The molecule has 2 unspecified atom stereocenters. The zero-order valence-electron chi connectivity index (χ0n) is 18.2. The lowest BCUT2D eigenvalue weighted by Gasteiger charge is -2.28. The molecule has 0 bridgehead atoms. The van der Waals surface area contributed by atoms with Crippen LogP contribution >= 0.6 is 0 Å². The number of allylic oxidation sites excluding steroid dienone is 4. The Morgan fingerprint density at radius 1 is 0.929 bits per heavy atom. The van der Waals surface area contributed by atoms with Gasteiger partial charge in [0.25, 0.3) is 0 Å². The molecular formula is C27H33N. The van der Waals surface area contributed by atoms with E-state index in [1.165, 1.54) is 28.1 Å². The van der Waals surface area contributed by atoms with Crippen molar-refractivity contribution in [2.75, 3.05) is 11.4 Å². The van der Waals surface area contributed by atoms with Crippen molar-refractivity contribution in [2.24, 2.45) is 5.92 Å². The SMILES string of the molecule is CCN1C(=CC=CC2C(C)c3ccccc3C2(C)C)C(C)(C)c2ccccc21. The Kier molecular flexibility index (Phi) is 4.53. The quantitative estimate of drug-likeness (QED) is 0.564. The Morgan fingerprint density at radius 2 is 1.57 bits per heavy atom. The molecule has 0 radical (unpaired) electrons. The first-order valence-electron chi connectivity index (χ1n) is 10.7. The predicted molar refractivity (Wildman–Crippen MR) is 121 cm³/mol. The largest absolute Gasteiger partial charge is 0.344 e. The lowest BCUT2D eigenvalue weighted by molar-refractivity contribution is 0.381. The van der Waals surface area contributed by atoms with Gasteiger partial charge in [0.2, 0.25) is 0 Å². The van der Waals surface area contributed by atoms with Crippen LogP contribution < -0.4 is 4.90 Å². The van der Waals surface area contributed by atoms with E-state index >= 15 is 0 Å². The smallest absolute Gasteiger partial charge is 0.0450 e. The summed E-state index contributed by atoms with van der Waals surface area (Å²) in [5.74, 6) is 1.07. The number of fused-ring (bicyclic) bond motifs is 2. The van der Waals surface area contributed by atoms with Crippen molar-refractivity contribution in [1.29, 1.82) is 0 Å². The second kappa shape index (κ2) is 6.65. The topological polar surface area (TPSA) is 3.24 Å². The van der Waals surface area contributed by atoms with Crippen molar-refractivity contribution in [1.82, 2.24) is 0 Å². The average molecular weight is 372 g/mol. The second-order valence-electron chi connectivity index (χ2n) is 9.45. The zero-order chi connectivity index (χ0) is 20.1. The highest BCUT2D eigenvalue weighted by molar-refractivity contribution is 5.70. The summed E-state index contributed by atoms with van der Waals surface area (Å²) in [5, 5.41) is 0. The maximum Gasteiger partial charge on any atom is 0.0450 e. The fourth-order valence-corrected chi connectivity index (χ4v) is 5.63. The Hall–Kier alpha value is -2.28. The normalized spacial score (nSPS) is 26.1. The Labute approximate surface area is 170 Å². The van der Waals surface area contributed by atoms with Crippen LogP contribution in [-0.2, 0) is 10.8 Å². The van der Waals surface area contributed by atoms with Gasteiger partial charge in [0, 0.05) is 23.3 Å². The minimum atomic E-state index is 0.0384. The van der Waals surface area contributed by atoms with Crippen LogP contribution in [-0.4, -0.2) is 6.54 Å². The summed E-state index contributed by atoms with van der Waals surface area (Å²) >= 11 is 0. The van der Waals surface area contributed by atoms with Crippen LogP contribution in [0.1, 0.15) is 64.2 Å². The van der Waals surface area contributed by atoms with Crippen molar-refractivity contribution in [3.8, 4) is 0 Å². The molecule has 0 amide bonds. The lowest BCUT2D eigenvalue weighted by Crippen LogP contribution is -2.26. The number of rotatable bonds is 3. The molecule has 0 N–H and O–H groups in total. The molecule has 0 spiro atoms. The Morgan fingerprint density at radius 3 is 2.25 bits per heavy atom. The van der Waals surface area contributed by atoms with Crippen LogP contribution in [0.5, 0.6) is 0 Å². The minimum Gasteiger partial charge on any atom is -0.344 e. The Bertz CT molecular complexity index is 944. The summed E-state index contributed by atoms with van der Waals surface area (Å²) < 4.78 is 0. The molecular weight excluding hydrogens is 338 g/mol. The monoisotopic (exact) mass is 371 g/mol. The fraction of sp³-hybridized carbons (Fsp3) is 0.407. The van der Waals surface area contributed by atoms with E-state index in [1.54, 1.807) is 0 Å². The van der Waals surface area contributed by atoms with Crippen LogP contribution in [0.3, 0.4) is 0 Å². The summed E-state index contributed by atoms with van der Waals surface area (Å²) in [6.07, 6.45) is 7.13. The molecule has 2 aromatic rings. The van der Waals surface area contributed by atoms with E-state index in [-0.39, 0.29) is 10.8 Å². The molecule has 28 heavy (non-hydrogen) atoms. The van der Waals surface area contributed by atoms with Gasteiger partial charge >= 0.3 is 0 Å². The highest BCUT2D eigenvalue weighted by Gasteiger charge is 2.42. The summed E-state index contributed by atoms with van der Waals surface area (Å²) in [7, 11) is 0. The Balaban J connectivity index is 1.67. The van der Waals surface area contributed by atoms with Crippen molar-refractivity contribution < 1.29 is 0 Å². The maximum absolute atomic E-state index is 2.47. The van der Waals surface area contributed by atoms with Gasteiger partial charge in [-0.2, -0.15) is 0 Å². The molecule has 0 aromatic heterocycles. The van der Waals surface area contributed by atoms with Gasteiger partial charge < -0.3 is 4.90 Å². The fourth-order valence-electron chi connectivity index (χ4n) is 5.63. The first kappa shape index (κ1) is 19.1. The van der Waals surface area contributed by atoms with Crippen molar-refractivity contribution in [3.63, 3.8) is 0 Å². The summed E-state index contributed by atoms with van der Waals surface area (Å²) in [6, 6.07) is 17.8. The van der Waals surface area contributed by atoms with E-state index in [9.17, 15) is 0 Å². The summed E-state index contributed by atoms with van der Waals surface area (Å²) in [5.41, 5.74) is 7.41. The van der Waals surface area contributed by atoms with Gasteiger partial charge in [-0.3, -0.25) is 0 Å². The molecule has 0 saturated carbocycles. The molecule has 1 aliphatic carbocycles. The van der Waals surface area contributed by atoms with Crippen LogP contribution in [0.4, 0.5) is 5.69 Å². The number of para-hydroxylation sites is 1. The van der Waals surface area contributed by atoms with Gasteiger partial charge in [0.05, 0.1) is 0 Å². The number of likely N-dealkylation sites (N-methyl/N-ethyl adjacent to an activating group) is 1. The molecule has 0 fully saturated rings. The molecule has 1 heteroatoms. The van der Waals surface area contributed by atoms with Crippen LogP contribution in [0.2, 0.25) is 0 Å². The van der Waals surface area contributed by atoms with Crippen molar-refractivity contribution in [3.05, 3.63) is 89.1 Å². The average Bonchev–Trinajstić information content (AvgIpc) is 3.02. The lowest BCUT2D eigenvalue weighted by atomic mass is 9.76. The van der Waals surface area contributed by atoms with E-state index < -0.39 is 0 Å². The molecule has 1 aliphatic heterocycles. The van der Waals surface area contributed by atoms with Gasteiger partial charge in [-0.1, -0.05) is 89.2 Å². The van der Waals surface area contributed by atoms with Gasteiger partial charge in [-0.25, -0.2) is 0 Å². The molecule has 2 aromatic carbocycles. The van der Waals surface area contributed by atoms with E-state index in [2.05, 4.69) is 113 Å². The first-order chi connectivity index (χ1) is 13.3. The van der Waals surface area contributed by atoms with Gasteiger partial charge in [0.1, 0.15) is 0 Å². The molecule has 0 saturated heterocycles. The molecule has 1 heterocycles. The van der Waals surface area contributed by atoms with Crippen LogP contribution in [0.15, 0.2) is 72.5 Å². The van der Waals surface area contributed by atoms with Crippen molar-refractivity contribution in [2.45, 2.75) is 58.3 Å². The van der Waals surface area contributed by atoms with Gasteiger partial charge in [-0.05, 0) is 53.0 Å². The third kappa shape index (κ3) is 2.67. The van der Waals surface area contributed by atoms with E-state index in [0.29, 0.717) is 11.8 Å². The number of hydrogen-bond donors (Lipinski definition) is 0. The number of anilines is 1. The molecule has 2 atom stereocenters. The van der Waals surface area contributed by atoms with E-state index in [1.807, 2.05) is 0 Å². The van der Waals surface area contributed by atoms with Crippen LogP contribution in [0.25, 0.3) is 0 Å². The first-order valence-corrected chi connectivity index (χ1v) is 10.7. The zero-order valence-corrected chi connectivity index (χ0v) is 18.2. The molecule has 4 rings (SSSR count). The number of benzene rings is 2. The molecule has 2 aliphatic rings. The summed E-state index contributed by atoms with van der Waals surface area (Å²) in [6.45, 7) is 15.1. The maximum atomic E-state index is 2.47. The van der Waals surface area contributed by atoms with E-state index in [4.69, 9.17) is 0 Å². The highest BCUT2D eigenvalue weighted by Crippen LogP contribution is 2.51. The summed E-state index contributed by atoms with van der Waals surface area (Å²) in [4.78, 5) is 2.47. The predicted octanol–water partition coefficient (Wildman–Crippen LogP) is 6.96. The third-order valence-corrected chi connectivity index (χ3v) is 7.21. The minimum absolute atomic E-state index is 0.0384. The van der Waals surface area contributed by atoms with Crippen LogP contribution in [0, 0.1) is 5.92 Å². The van der Waals surface area contributed by atoms with Gasteiger partial charge in [-0.15, -0.1) is 0 Å². The molecule has 146 valence electrons. The standard InChI is InChI=1S/C27H33N/c1-7-28-24-17-11-10-15-23(24)27(5,6)25(28)18-12-16-21-19(2)20-13-8-9-14-22(20)26(21,3)4/h8-19,21H,7H2,1-6H3. The molecule has 1 nitrogen and oxygen atoms in total. The van der Waals surface area contributed by atoms with E-state index in [0.717, 1.165) is 6.54 Å². The highest BCUT2D eigenvalue weighted by atomic mass is 15.2. The third-order valence-electron chi connectivity index (χ3n) is 7.21. The van der Waals surface area contributed by atoms with Gasteiger partial charge in [0.15, 0.2) is 0 Å². The second-order valence-corrected chi connectivity index (χ2v) is 9.45. The van der Waals surface area contributed by atoms with Crippen molar-refractivity contribution >= 4 is 5.69 Å².